The summed E-state index contributed by atoms with van der Waals surface area (Å²) >= 11 is 1.55. The number of nitro benzene ring substituents is 1. The highest BCUT2D eigenvalue weighted by Crippen LogP contribution is 2.35. The molecule has 8 nitrogen and oxygen atoms in total. The Morgan fingerprint density at radius 3 is 2.67 bits per heavy atom. The smallest absolute Gasteiger partial charge is 0.258 e. The van der Waals surface area contributed by atoms with Crippen molar-refractivity contribution in [2.45, 2.75) is 13.8 Å². The van der Waals surface area contributed by atoms with Gasteiger partial charge in [-0.3, -0.25) is 10.1 Å². The van der Waals surface area contributed by atoms with Gasteiger partial charge in [-0.1, -0.05) is 0 Å². The Morgan fingerprint density at radius 2 is 1.93 bits per heavy atom. The number of benzene rings is 1. The van der Waals surface area contributed by atoms with E-state index in [1.165, 1.54) is 12.1 Å². The summed E-state index contributed by atoms with van der Waals surface area (Å²) in [6, 6.07) is 8.25. The lowest BCUT2D eigenvalue weighted by molar-refractivity contribution is -0.384. The summed E-state index contributed by atoms with van der Waals surface area (Å²) in [6.45, 7) is 4.03. The number of nitro groups is 1. The van der Waals surface area contributed by atoms with Crippen LogP contribution in [0.5, 0.6) is 0 Å². The number of aryl methyl sites for hydroxylation is 2. The molecule has 0 radical (unpaired) electrons. The van der Waals surface area contributed by atoms with Crippen LogP contribution in [-0.4, -0.2) is 29.5 Å². The molecule has 0 saturated heterocycles. The van der Waals surface area contributed by atoms with Crippen molar-refractivity contribution in [2.75, 3.05) is 0 Å². The van der Waals surface area contributed by atoms with E-state index in [4.69, 9.17) is 0 Å². The number of thiophene rings is 1. The van der Waals surface area contributed by atoms with Crippen molar-refractivity contribution in [1.29, 1.82) is 0 Å². The maximum atomic E-state index is 10.8. The van der Waals surface area contributed by atoms with E-state index in [0.717, 1.165) is 31.7 Å². The number of non-ortho nitro benzene ring substituents is 1. The molecule has 1 aromatic carbocycles. The van der Waals surface area contributed by atoms with Gasteiger partial charge in [-0.2, -0.15) is 0 Å². The summed E-state index contributed by atoms with van der Waals surface area (Å²) in [4.78, 5) is 25.2. The molecule has 0 unspecified atom stereocenters. The zero-order chi connectivity index (χ0) is 18.7. The van der Waals surface area contributed by atoms with Crippen molar-refractivity contribution >= 4 is 43.1 Å². The van der Waals surface area contributed by atoms with Gasteiger partial charge in [0, 0.05) is 28.8 Å². The lowest BCUT2D eigenvalue weighted by atomic mass is 10.1. The fourth-order valence-corrected chi connectivity index (χ4v) is 4.45. The molecule has 132 valence electrons. The molecule has 5 rings (SSSR count). The molecule has 0 atom stereocenters. The topological polar surface area (TPSA) is 99.1 Å². The van der Waals surface area contributed by atoms with Gasteiger partial charge in [0.25, 0.3) is 5.69 Å². The quantitative estimate of drug-likeness (QED) is 0.340. The molecule has 0 N–H and O–H groups in total. The number of hydrogen-bond acceptors (Lipinski definition) is 7. The van der Waals surface area contributed by atoms with Gasteiger partial charge in [0.05, 0.1) is 10.4 Å². The van der Waals surface area contributed by atoms with Gasteiger partial charge in [0.1, 0.15) is 15.9 Å². The van der Waals surface area contributed by atoms with Gasteiger partial charge in [-0.15, -0.1) is 16.4 Å². The first-order valence-electron chi connectivity index (χ1n) is 8.18. The largest absolute Gasteiger partial charge is 0.269 e. The predicted molar refractivity (Wildman–Crippen MR) is 103 cm³/mol. The van der Waals surface area contributed by atoms with Crippen LogP contribution in [0.1, 0.15) is 11.3 Å². The SMILES string of the molecule is Cc1cc(C)c2c(n1)sc1c2ncn2nc(-c3ccc([N+](=O)[O-])cc3)nc12. The summed E-state index contributed by atoms with van der Waals surface area (Å²) in [5.74, 6) is 0.498. The lowest BCUT2D eigenvalue weighted by Crippen LogP contribution is -1.90. The van der Waals surface area contributed by atoms with Crippen molar-refractivity contribution in [3.05, 3.63) is 58.0 Å². The highest BCUT2D eigenvalue weighted by Gasteiger charge is 2.17. The minimum Gasteiger partial charge on any atom is -0.258 e. The fourth-order valence-electron chi connectivity index (χ4n) is 3.22. The zero-order valence-corrected chi connectivity index (χ0v) is 15.2. The molecule has 0 aliphatic heterocycles. The molecular weight excluding hydrogens is 364 g/mol. The maximum Gasteiger partial charge on any atom is 0.269 e. The van der Waals surface area contributed by atoms with Gasteiger partial charge < -0.3 is 0 Å². The first kappa shape index (κ1) is 15.8. The minimum absolute atomic E-state index is 0.0352. The van der Waals surface area contributed by atoms with E-state index in [1.54, 1.807) is 34.3 Å². The Hall–Kier alpha value is -3.46. The Morgan fingerprint density at radius 1 is 1.15 bits per heavy atom. The molecule has 0 saturated carbocycles. The third-order valence-corrected chi connectivity index (χ3v) is 5.50. The molecule has 0 amide bonds. The van der Waals surface area contributed by atoms with Gasteiger partial charge in [-0.05, 0) is 37.6 Å². The van der Waals surface area contributed by atoms with Crippen LogP contribution in [0.3, 0.4) is 0 Å². The van der Waals surface area contributed by atoms with E-state index in [-0.39, 0.29) is 5.69 Å². The lowest BCUT2D eigenvalue weighted by Gasteiger charge is -1.98. The van der Waals surface area contributed by atoms with E-state index >= 15 is 0 Å². The summed E-state index contributed by atoms with van der Waals surface area (Å²) in [5, 5.41) is 16.4. The van der Waals surface area contributed by atoms with Gasteiger partial charge >= 0.3 is 0 Å². The molecule has 0 bridgehead atoms. The van der Waals surface area contributed by atoms with Crippen LogP contribution >= 0.6 is 11.3 Å². The fraction of sp³-hybridized carbons (Fsp3) is 0.111. The second-order valence-electron chi connectivity index (χ2n) is 6.29. The number of hydrogen-bond donors (Lipinski definition) is 0. The molecule has 0 fully saturated rings. The molecule has 9 heteroatoms. The van der Waals surface area contributed by atoms with E-state index < -0.39 is 4.92 Å². The van der Waals surface area contributed by atoms with Crippen LogP contribution in [0.25, 0.3) is 37.5 Å². The van der Waals surface area contributed by atoms with Crippen LogP contribution in [0.15, 0.2) is 36.7 Å². The maximum absolute atomic E-state index is 10.8. The summed E-state index contributed by atoms with van der Waals surface area (Å²) in [5.41, 5.74) is 4.42. The van der Waals surface area contributed by atoms with E-state index in [9.17, 15) is 10.1 Å². The first-order valence-corrected chi connectivity index (χ1v) is 8.99. The van der Waals surface area contributed by atoms with Crippen LogP contribution in [-0.2, 0) is 0 Å². The van der Waals surface area contributed by atoms with E-state index in [0.29, 0.717) is 17.0 Å². The normalized spacial score (nSPS) is 11.6. The van der Waals surface area contributed by atoms with Crippen molar-refractivity contribution in [2.24, 2.45) is 0 Å². The second-order valence-corrected chi connectivity index (χ2v) is 7.29. The minimum atomic E-state index is -0.428. The van der Waals surface area contributed by atoms with Crippen molar-refractivity contribution in [3.63, 3.8) is 0 Å². The number of aromatic nitrogens is 5. The average molecular weight is 376 g/mol. The van der Waals surface area contributed by atoms with Crippen molar-refractivity contribution in [3.8, 4) is 11.4 Å². The van der Waals surface area contributed by atoms with E-state index in [1.807, 2.05) is 13.0 Å². The van der Waals surface area contributed by atoms with Crippen molar-refractivity contribution < 1.29 is 4.92 Å². The Kier molecular flexibility index (Phi) is 3.22. The Labute approximate surface area is 156 Å². The van der Waals surface area contributed by atoms with Crippen LogP contribution in [0.4, 0.5) is 5.69 Å². The number of nitrogens with zero attached hydrogens (tertiary/aromatic N) is 6. The molecule has 27 heavy (non-hydrogen) atoms. The summed E-state index contributed by atoms with van der Waals surface area (Å²) in [7, 11) is 0. The van der Waals surface area contributed by atoms with Gasteiger partial charge in [-0.25, -0.2) is 19.5 Å². The Bertz CT molecular complexity index is 1370. The standard InChI is InChI=1S/C18H12N6O2S/c1-9-7-10(2)20-18-13(9)14-15(27-18)17-21-16(22-23(17)8-19-14)11-3-5-12(6-4-11)24(25)26/h3-8H,1-2H3. The summed E-state index contributed by atoms with van der Waals surface area (Å²) in [6.07, 6.45) is 1.64. The van der Waals surface area contributed by atoms with Crippen LogP contribution < -0.4 is 0 Å². The third-order valence-electron chi connectivity index (χ3n) is 4.43. The molecular formula is C18H12N6O2S. The number of rotatable bonds is 2. The molecule has 0 aliphatic carbocycles. The molecule has 0 spiro atoms. The van der Waals surface area contributed by atoms with Crippen molar-refractivity contribution in [1.82, 2.24) is 24.6 Å². The van der Waals surface area contributed by atoms with Gasteiger partial charge in [0.2, 0.25) is 0 Å². The first-order chi connectivity index (χ1) is 13.0. The highest BCUT2D eigenvalue weighted by molar-refractivity contribution is 7.26. The van der Waals surface area contributed by atoms with Crippen LogP contribution in [0.2, 0.25) is 0 Å². The Balaban J connectivity index is 1.74. The molecule has 4 heterocycles. The molecule has 0 aliphatic rings. The molecule has 4 aromatic heterocycles. The number of fused-ring (bicyclic) bond motifs is 5. The third kappa shape index (κ3) is 2.36. The predicted octanol–water partition coefficient (Wildman–Crippen LogP) is 4.08. The van der Waals surface area contributed by atoms with Gasteiger partial charge in [0.15, 0.2) is 11.5 Å². The highest BCUT2D eigenvalue weighted by atomic mass is 32.1. The number of pyridine rings is 1. The second kappa shape index (κ2) is 5.52. The average Bonchev–Trinajstić information content (AvgIpc) is 3.22. The van der Waals surface area contributed by atoms with Crippen LogP contribution in [0, 0.1) is 24.0 Å². The summed E-state index contributed by atoms with van der Waals surface area (Å²) < 4.78 is 2.56. The monoisotopic (exact) mass is 376 g/mol. The molecule has 5 aromatic rings. The zero-order valence-electron chi connectivity index (χ0n) is 14.4. The van der Waals surface area contributed by atoms with E-state index in [2.05, 4.69) is 27.0 Å².